The molecule has 0 aromatic heterocycles. The molecule has 2 aromatic rings. The number of hydrogen-bond donors (Lipinski definition) is 1. The van der Waals surface area contributed by atoms with Crippen molar-refractivity contribution in [2.24, 2.45) is 5.92 Å². The van der Waals surface area contributed by atoms with E-state index in [0.717, 1.165) is 49.7 Å². The number of benzene rings is 2. The van der Waals surface area contributed by atoms with Crippen LogP contribution in [0, 0.1) is 5.92 Å². The van der Waals surface area contributed by atoms with E-state index in [0.29, 0.717) is 0 Å². The average Bonchev–Trinajstić information content (AvgIpc) is 2.73. The van der Waals surface area contributed by atoms with Gasteiger partial charge in [0.1, 0.15) is 5.75 Å². The van der Waals surface area contributed by atoms with Crippen molar-refractivity contribution >= 4 is 0 Å². The summed E-state index contributed by atoms with van der Waals surface area (Å²) < 4.78 is 10.8. The lowest BCUT2D eigenvalue weighted by molar-refractivity contribution is -0.0547. The zero-order valence-electron chi connectivity index (χ0n) is 16.6. The van der Waals surface area contributed by atoms with E-state index in [-0.39, 0.29) is 11.8 Å². The summed E-state index contributed by atoms with van der Waals surface area (Å²) in [4.78, 5) is 2.40. The highest BCUT2D eigenvalue weighted by Crippen LogP contribution is 2.43. The summed E-state index contributed by atoms with van der Waals surface area (Å²) in [6.45, 7) is 8.31. The van der Waals surface area contributed by atoms with E-state index in [1.165, 1.54) is 0 Å². The van der Waals surface area contributed by atoms with Gasteiger partial charge >= 0.3 is 0 Å². The summed E-state index contributed by atoms with van der Waals surface area (Å²) in [5.41, 5.74) is 1.11. The number of nitrogens with zero attached hydrogens (tertiary/aromatic N) is 1. The SMILES string of the molecule is COc1ccc(C(O)(C(C)C)C(CN2CCOCC2)c2ccccc2)cc1. The highest BCUT2D eigenvalue weighted by Gasteiger charge is 2.43. The van der Waals surface area contributed by atoms with Crippen LogP contribution in [0.15, 0.2) is 54.6 Å². The first-order valence-electron chi connectivity index (χ1n) is 9.77. The van der Waals surface area contributed by atoms with Gasteiger partial charge in [0.05, 0.1) is 25.9 Å². The predicted molar refractivity (Wildman–Crippen MR) is 108 cm³/mol. The normalized spacial score (nSPS) is 18.9. The van der Waals surface area contributed by atoms with Gasteiger partial charge in [-0.1, -0.05) is 56.3 Å². The van der Waals surface area contributed by atoms with Crippen molar-refractivity contribution in [2.75, 3.05) is 40.0 Å². The van der Waals surface area contributed by atoms with Crippen LogP contribution in [0.5, 0.6) is 5.75 Å². The maximum atomic E-state index is 12.1. The molecule has 0 spiro atoms. The van der Waals surface area contributed by atoms with Gasteiger partial charge in [-0.3, -0.25) is 4.90 Å². The average molecular weight is 370 g/mol. The summed E-state index contributed by atoms with van der Waals surface area (Å²) in [5.74, 6) is 0.816. The van der Waals surface area contributed by atoms with Crippen molar-refractivity contribution in [1.82, 2.24) is 4.90 Å². The molecule has 146 valence electrons. The van der Waals surface area contributed by atoms with Gasteiger partial charge in [-0.2, -0.15) is 0 Å². The summed E-state index contributed by atoms with van der Waals surface area (Å²) in [6.07, 6.45) is 0. The number of ether oxygens (including phenoxy) is 2. The Morgan fingerprint density at radius 3 is 2.22 bits per heavy atom. The van der Waals surface area contributed by atoms with Crippen molar-refractivity contribution in [3.8, 4) is 5.75 Å². The van der Waals surface area contributed by atoms with Gasteiger partial charge in [-0.05, 0) is 29.2 Å². The minimum Gasteiger partial charge on any atom is -0.497 e. The second-order valence-corrected chi connectivity index (χ2v) is 7.58. The van der Waals surface area contributed by atoms with Crippen LogP contribution in [0.3, 0.4) is 0 Å². The van der Waals surface area contributed by atoms with E-state index in [1.54, 1.807) is 7.11 Å². The molecule has 1 saturated heterocycles. The molecule has 0 radical (unpaired) electrons. The molecule has 2 unspecified atom stereocenters. The second kappa shape index (κ2) is 8.87. The number of methoxy groups -OCH3 is 1. The summed E-state index contributed by atoms with van der Waals surface area (Å²) in [5, 5.41) is 12.1. The standard InChI is InChI=1S/C23H31NO3/c1-18(2)23(25,20-9-11-21(26-3)12-10-20)22(19-7-5-4-6-8-19)17-24-13-15-27-16-14-24/h4-12,18,22,25H,13-17H2,1-3H3. The fourth-order valence-electron chi connectivity index (χ4n) is 4.02. The van der Waals surface area contributed by atoms with Gasteiger partial charge in [0.2, 0.25) is 0 Å². The lowest BCUT2D eigenvalue weighted by Crippen LogP contribution is -2.47. The number of morpholine rings is 1. The first-order valence-corrected chi connectivity index (χ1v) is 9.77. The molecule has 2 atom stereocenters. The van der Waals surface area contributed by atoms with Gasteiger partial charge in [0.25, 0.3) is 0 Å². The molecule has 1 aliphatic heterocycles. The molecule has 4 heteroatoms. The largest absolute Gasteiger partial charge is 0.497 e. The molecule has 0 amide bonds. The Balaban J connectivity index is 2.01. The molecule has 1 heterocycles. The molecule has 1 aliphatic rings. The summed E-state index contributed by atoms with van der Waals surface area (Å²) >= 11 is 0. The smallest absolute Gasteiger partial charge is 0.118 e. The van der Waals surface area contributed by atoms with Crippen LogP contribution in [0.1, 0.15) is 30.9 Å². The Kier molecular flexibility index (Phi) is 6.53. The van der Waals surface area contributed by atoms with Crippen LogP contribution < -0.4 is 4.74 Å². The Morgan fingerprint density at radius 1 is 1.04 bits per heavy atom. The highest BCUT2D eigenvalue weighted by atomic mass is 16.5. The van der Waals surface area contributed by atoms with Crippen molar-refractivity contribution in [3.05, 3.63) is 65.7 Å². The van der Waals surface area contributed by atoms with E-state index < -0.39 is 5.60 Å². The first-order chi connectivity index (χ1) is 13.1. The van der Waals surface area contributed by atoms with Gasteiger partial charge in [-0.15, -0.1) is 0 Å². The number of rotatable bonds is 7. The van der Waals surface area contributed by atoms with Crippen molar-refractivity contribution in [3.63, 3.8) is 0 Å². The summed E-state index contributed by atoms with van der Waals surface area (Å²) in [6, 6.07) is 18.2. The molecule has 3 rings (SSSR count). The van der Waals surface area contributed by atoms with Crippen LogP contribution in [-0.2, 0) is 10.3 Å². The predicted octanol–water partition coefficient (Wildman–Crippen LogP) is 3.65. The van der Waals surface area contributed by atoms with Gasteiger partial charge in [-0.25, -0.2) is 0 Å². The Labute approximate surface area is 162 Å². The maximum absolute atomic E-state index is 12.1. The van der Waals surface area contributed by atoms with E-state index in [1.807, 2.05) is 30.3 Å². The Bertz CT molecular complexity index is 695. The van der Waals surface area contributed by atoms with Gasteiger partial charge < -0.3 is 14.6 Å². The molecule has 0 aliphatic carbocycles. The van der Waals surface area contributed by atoms with Crippen LogP contribution in [0.25, 0.3) is 0 Å². The maximum Gasteiger partial charge on any atom is 0.118 e. The van der Waals surface area contributed by atoms with E-state index in [9.17, 15) is 5.11 Å². The van der Waals surface area contributed by atoms with E-state index in [4.69, 9.17) is 9.47 Å². The molecular weight excluding hydrogens is 338 g/mol. The third-order valence-electron chi connectivity index (χ3n) is 5.71. The Hall–Kier alpha value is -1.88. The number of hydrogen-bond acceptors (Lipinski definition) is 4. The second-order valence-electron chi connectivity index (χ2n) is 7.58. The molecule has 1 fully saturated rings. The molecule has 2 aromatic carbocycles. The zero-order chi connectivity index (χ0) is 19.3. The van der Waals surface area contributed by atoms with Crippen LogP contribution >= 0.6 is 0 Å². The quantitative estimate of drug-likeness (QED) is 0.809. The fraction of sp³-hybridized carbons (Fsp3) is 0.478. The Morgan fingerprint density at radius 2 is 1.67 bits per heavy atom. The topological polar surface area (TPSA) is 41.9 Å². The molecule has 0 bridgehead atoms. The summed E-state index contributed by atoms with van der Waals surface area (Å²) in [7, 11) is 1.66. The van der Waals surface area contributed by atoms with Gasteiger partial charge in [0, 0.05) is 25.6 Å². The van der Waals surface area contributed by atoms with Crippen molar-refractivity contribution < 1.29 is 14.6 Å². The monoisotopic (exact) mass is 369 g/mol. The van der Waals surface area contributed by atoms with Crippen molar-refractivity contribution in [1.29, 1.82) is 0 Å². The highest BCUT2D eigenvalue weighted by molar-refractivity contribution is 5.36. The fourth-order valence-corrected chi connectivity index (χ4v) is 4.02. The van der Waals surface area contributed by atoms with E-state index >= 15 is 0 Å². The molecule has 4 nitrogen and oxygen atoms in total. The molecule has 1 N–H and O–H groups in total. The lowest BCUT2D eigenvalue weighted by atomic mass is 9.70. The minimum atomic E-state index is -0.980. The molecular formula is C23H31NO3. The van der Waals surface area contributed by atoms with Gasteiger partial charge in [0.15, 0.2) is 0 Å². The van der Waals surface area contributed by atoms with Crippen LogP contribution in [0.4, 0.5) is 0 Å². The first kappa shape index (κ1) is 19.9. The third-order valence-corrected chi connectivity index (χ3v) is 5.71. The lowest BCUT2D eigenvalue weighted by Gasteiger charge is -2.43. The number of aliphatic hydroxyl groups is 1. The van der Waals surface area contributed by atoms with Crippen LogP contribution in [-0.4, -0.2) is 50.0 Å². The minimum absolute atomic E-state index is 0.0369. The van der Waals surface area contributed by atoms with E-state index in [2.05, 4.69) is 43.0 Å². The van der Waals surface area contributed by atoms with Crippen LogP contribution in [0.2, 0.25) is 0 Å². The zero-order valence-corrected chi connectivity index (χ0v) is 16.6. The third kappa shape index (κ3) is 4.34. The van der Waals surface area contributed by atoms with Crippen molar-refractivity contribution in [2.45, 2.75) is 25.4 Å². The molecule has 0 saturated carbocycles. The molecule has 27 heavy (non-hydrogen) atoms.